The maximum Gasteiger partial charge on any atom is 0.309 e. The van der Waals surface area contributed by atoms with E-state index in [4.69, 9.17) is 14.2 Å². The average molecular weight is 344 g/mol. The van der Waals surface area contributed by atoms with Crippen molar-refractivity contribution in [1.82, 2.24) is 5.32 Å². The van der Waals surface area contributed by atoms with Crippen LogP contribution in [0.1, 0.15) is 60.3 Å². The molecular formula is C19H37NO4. The molecule has 1 saturated carbocycles. The number of hydrogen-bond donors (Lipinski definition) is 1. The van der Waals surface area contributed by atoms with Gasteiger partial charge < -0.3 is 19.5 Å². The van der Waals surface area contributed by atoms with E-state index < -0.39 is 5.60 Å². The summed E-state index contributed by atoms with van der Waals surface area (Å²) in [5, 5.41) is 3.35. The highest BCUT2D eigenvalue weighted by Gasteiger charge is 2.30. The van der Waals surface area contributed by atoms with Gasteiger partial charge in [0.25, 0.3) is 0 Å². The van der Waals surface area contributed by atoms with Crippen molar-refractivity contribution in [1.29, 1.82) is 0 Å². The molecule has 0 amide bonds. The van der Waals surface area contributed by atoms with Crippen LogP contribution in [-0.4, -0.2) is 50.6 Å². The first-order valence-electron chi connectivity index (χ1n) is 9.41. The third-order valence-electron chi connectivity index (χ3n) is 3.97. The number of ether oxygens (including phenoxy) is 3. The number of esters is 1. The molecule has 5 heteroatoms. The van der Waals surface area contributed by atoms with E-state index in [1.165, 1.54) is 0 Å². The van der Waals surface area contributed by atoms with Gasteiger partial charge in [-0.15, -0.1) is 0 Å². The Balaban J connectivity index is 2.01. The highest BCUT2D eigenvalue weighted by molar-refractivity contribution is 5.72. The molecule has 0 unspecified atom stereocenters. The third kappa shape index (κ3) is 10.3. The predicted octanol–water partition coefficient (Wildman–Crippen LogP) is 3.17. The first kappa shape index (κ1) is 21.4. The largest absolute Gasteiger partial charge is 0.460 e. The molecule has 1 rings (SSSR count). The molecule has 0 aromatic rings. The van der Waals surface area contributed by atoms with Gasteiger partial charge in [-0.05, 0) is 58.9 Å². The van der Waals surface area contributed by atoms with E-state index in [9.17, 15) is 4.79 Å². The van der Waals surface area contributed by atoms with Gasteiger partial charge in [0.1, 0.15) is 5.60 Å². The van der Waals surface area contributed by atoms with Crippen LogP contribution in [-0.2, 0) is 19.0 Å². The summed E-state index contributed by atoms with van der Waals surface area (Å²) in [6.45, 7) is 14.0. The number of hydrogen-bond acceptors (Lipinski definition) is 5. The second-order valence-corrected chi connectivity index (χ2v) is 8.09. The molecule has 142 valence electrons. The minimum absolute atomic E-state index is 0.0346. The summed E-state index contributed by atoms with van der Waals surface area (Å²) in [6, 6.07) is 0. The van der Waals surface area contributed by atoms with Crippen LogP contribution in [0.2, 0.25) is 0 Å². The molecule has 0 radical (unpaired) electrons. The Morgan fingerprint density at radius 2 is 1.75 bits per heavy atom. The molecule has 0 atom stereocenters. The minimum atomic E-state index is -0.397. The molecule has 24 heavy (non-hydrogen) atoms. The van der Waals surface area contributed by atoms with Crippen molar-refractivity contribution in [3.8, 4) is 0 Å². The van der Waals surface area contributed by atoms with Crippen molar-refractivity contribution in [2.45, 2.75) is 72.0 Å². The number of carbonyl (C=O) groups excluding carboxylic acids is 1. The SMILES string of the molecule is CC(C)CNCCOCCOC1CCC(C(=O)OC(C)(C)C)CC1. The maximum atomic E-state index is 12.1. The molecule has 5 nitrogen and oxygen atoms in total. The zero-order valence-electron chi connectivity index (χ0n) is 16.2. The Hall–Kier alpha value is -0.650. The lowest BCUT2D eigenvalue weighted by atomic mass is 9.87. The van der Waals surface area contributed by atoms with Crippen molar-refractivity contribution >= 4 is 5.97 Å². The fraction of sp³-hybridized carbons (Fsp3) is 0.947. The van der Waals surface area contributed by atoms with Crippen molar-refractivity contribution in [3.63, 3.8) is 0 Å². The van der Waals surface area contributed by atoms with Crippen LogP contribution < -0.4 is 5.32 Å². The summed E-state index contributed by atoms with van der Waals surface area (Å²) in [5.74, 6) is 0.648. The van der Waals surface area contributed by atoms with Crippen LogP contribution in [0.25, 0.3) is 0 Å². The number of rotatable bonds is 10. The van der Waals surface area contributed by atoms with Crippen molar-refractivity contribution in [2.75, 3.05) is 32.9 Å². The van der Waals surface area contributed by atoms with Gasteiger partial charge in [-0.25, -0.2) is 0 Å². The molecule has 0 bridgehead atoms. The first-order valence-corrected chi connectivity index (χ1v) is 9.41. The van der Waals surface area contributed by atoms with Crippen LogP contribution in [0.15, 0.2) is 0 Å². The van der Waals surface area contributed by atoms with E-state index in [2.05, 4.69) is 19.2 Å². The Kier molecular flexibility index (Phi) is 9.86. The summed E-state index contributed by atoms with van der Waals surface area (Å²) in [4.78, 5) is 12.1. The van der Waals surface area contributed by atoms with Gasteiger partial charge in [-0.1, -0.05) is 13.8 Å². The van der Waals surface area contributed by atoms with E-state index >= 15 is 0 Å². The number of carbonyl (C=O) groups is 1. The second kappa shape index (κ2) is 11.1. The summed E-state index contributed by atoms with van der Waals surface area (Å²) in [5.41, 5.74) is -0.397. The van der Waals surface area contributed by atoms with Gasteiger partial charge in [0.05, 0.1) is 31.8 Å². The van der Waals surface area contributed by atoms with Crippen molar-refractivity contribution in [3.05, 3.63) is 0 Å². The van der Waals surface area contributed by atoms with Crippen LogP contribution in [0.4, 0.5) is 0 Å². The van der Waals surface area contributed by atoms with E-state index in [0.717, 1.165) is 45.4 Å². The lowest BCUT2D eigenvalue weighted by Crippen LogP contribution is -2.32. The molecule has 0 spiro atoms. The fourth-order valence-corrected chi connectivity index (χ4v) is 2.76. The molecule has 1 aliphatic carbocycles. The van der Waals surface area contributed by atoms with Crippen LogP contribution in [0.3, 0.4) is 0 Å². The van der Waals surface area contributed by atoms with Crippen LogP contribution in [0.5, 0.6) is 0 Å². The van der Waals surface area contributed by atoms with E-state index in [1.54, 1.807) is 0 Å². The van der Waals surface area contributed by atoms with E-state index in [-0.39, 0.29) is 18.0 Å². The Morgan fingerprint density at radius 1 is 1.08 bits per heavy atom. The van der Waals surface area contributed by atoms with Crippen molar-refractivity contribution in [2.24, 2.45) is 11.8 Å². The topological polar surface area (TPSA) is 56.8 Å². The molecule has 0 aromatic carbocycles. The lowest BCUT2D eigenvalue weighted by molar-refractivity contribution is -0.162. The lowest BCUT2D eigenvalue weighted by Gasteiger charge is -2.29. The normalized spacial score (nSPS) is 21.9. The maximum absolute atomic E-state index is 12.1. The standard InChI is InChI=1S/C19H37NO4/c1-15(2)14-20-10-11-22-12-13-23-17-8-6-16(7-9-17)18(21)24-19(3,4)5/h15-17,20H,6-14H2,1-5H3. The quantitative estimate of drug-likeness (QED) is 0.488. The smallest absolute Gasteiger partial charge is 0.309 e. The fourth-order valence-electron chi connectivity index (χ4n) is 2.76. The van der Waals surface area contributed by atoms with Crippen molar-refractivity contribution < 1.29 is 19.0 Å². The van der Waals surface area contributed by atoms with Gasteiger partial charge in [0, 0.05) is 6.54 Å². The van der Waals surface area contributed by atoms with Crippen LogP contribution >= 0.6 is 0 Å². The summed E-state index contributed by atoms with van der Waals surface area (Å²) in [7, 11) is 0. The zero-order valence-corrected chi connectivity index (χ0v) is 16.2. The third-order valence-corrected chi connectivity index (χ3v) is 3.97. The van der Waals surface area contributed by atoms with Gasteiger partial charge in [-0.2, -0.15) is 0 Å². The molecule has 1 fully saturated rings. The summed E-state index contributed by atoms with van der Waals surface area (Å²) >= 11 is 0. The number of nitrogens with one attached hydrogen (secondary N) is 1. The van der Waals surface area contributed by atoms with Crippen LogP contribution in [0, 0.1) is 11.8 Å². The molecule has 1 N–H and O–H groups in total. The van der Waals surface area contributed by atoms with Gasteiger partial charge >= 0.3 is 5.97 Å². The Morgan fingerprint density at radius 3 is 2.33 bits per heavy atom. The molecule has 0 heterocycles. The van der Waals surface area contributed by atoms with E-state index in [0.29, 0.717) is 19.1 Å². The molecule has 0 aromatic heterocycles. The predicted molar refractivity (Wildman–Crippen MR) is 96.1 cm³/mol. The minimum Gasteiger partial charge on any atom is -0.460 e. The first-order chi connectivity index (χ1) is 11.3. The Labute approximate surface area is 147 Å². The highest BCUT2D eigenvalue weighted by Crippen LogP contribution is 2.28. The van der Waals surface area contributed by atoms with Gasteiger partial charge in [-0.3, -0.25) is 4.79 Å². The zero-order chi connectivity index (χ0) is 18.0. The second-order valence-electron chi connectivity index (χ2n) is 8.09. The summed E-state index contributed by atoms with van der Waals surface area (Å²) < 4.78 is 16.9. The molecule has 0 saturated heterocycles. The molecule has 0 aliphatic heterocycles. The van der Waals surface area contributed by atoms with Gasteiger partial charge in [0.2, 0.25) is 0 Å². The summed E-state index contributed by atoms with van der Waals surface area (Å²) in [6.07, 6.45) is 3.84. The highest BCUT2D eigenvalue weighted by atomic mass is 16.6. The molecular weight excluding hydrogens is 306 g/mol. The van der Waals surface area contributed by atoms with E-state index in [1.807, 2.05) is 20.8 Å². The molecule has 1 aliphatic rings. The van der Waals surface area contributed by atoms with Gasteiger partial charge in [0.15, 0.2) is 0 Å². The Bertz CT molecular complexity index is 344. The monoisotopic (exact) mass is 343 g/mol. The average Bonchev–Trinajstić information content (AvgIpc) is 2.48.